The van der Waals surface area contributed by atoms with E-state index in [0.717, 1.165) is 6.54 Å². The molecule has 6 heteroatoms. The van der Waals surface area contributed by atoms with Crippen molar-refractivity contribution in [2.45, 2.75) is 34.6 Å². The van der Waals surface area contributed by atoms with Gasteiger partial charge in [-0.05, 0) is 34.2 Å². The minimum absolute atomic E-state index is 0.0290. The number of pyridine rings is 1. The topological polar surface area (TPSA) is 68.1 Å². The van der Waals surface area contributed by atoms with E-state index < -0.39 is 4.92 Å². The molecule has 1 aromatic heterocycles. The van der Waals surface area contributed by atoms with Crippen molar-refractivity contribution in [1.29, 1.82) is 0 Å². The van der Waals surface area contributed by atoms with Crippen LogP contribution in [0, 0.1) is 28.4 Å². The van der Waals surface area contributed by atoms with Gasteiger partial charge in [-0.1, -0.05) is 27.7 Å². The fourth-order valence-corrected chi connectivity index (χ4v) is 1.88. The zero-order chi connectivity index (χ0) is 14.8. The van der Waals surface area contributed by atoms with E-state index >= 15 is 0 Å². The molecule has 0 saturated heterocycles. The van der Waals surface area contributed by atoms with Crippen LogP contribution in [-0.4, -0.2) is 16.5 Å². The molecule has 1 rings (SSSR count). The smallest absolute Gasteiger partial charge is 0.291 e. The van der Waals surface area contributed by atoms with Gasteiger partial charge in [-0.25, -0.2) is 4.98 Å². The van der Waals surface area contributed by atoms with Crippen LogP contribution in [-0.2, 0) is 0 Å². The Morgan fingerprint density at radius 1 is 1.53 bits per heavy atom. The molecule has 1 heterocycles. The number of rotatable bonds is 4. The zero-order valence-corrected chi connectivity index (χ0v) is 13.5. The molecule has 0 aliphatic heterocycles. The maximum atomic E-state index is 10.8. The number of nitro groups is 1. The highest BCUT2D eigenvalue weighted by atomic mass is 79.9. The highest BCUT2D eigenvalue weighted by Gasteiger charge is 2.21. The second-order valence-electron chi connectivity index (χ2n) is 5.84. The molecule has 0 aromatic carbocycles. The van der Waals surface area contributed by atoms with Crippen LogP contribution >= 0.6 is 15.9 Å². The van der Waals surface area contributed by atoms with E-state index in [0.29, 0.717) is 21.8 Å². The van der Waals surface area contributed by atoms with Crippen molar-refractivity contribution in [3.05, 3.63) is 26.3 Å². The zero-order valence-electron chi connectivity index (χ0n) is 12.0. The second-order valence-corrected chi connectivity index (χ2v) is 6.63. The van der Waals surface area contributed by atoms with E-state index in [1.165, 1.54) is 6.20 Å². The predicted octanol–water partition coefficient (Wildman–Crippen LogP) is 4.15. The molecule has 0 amide bonds. The predicted molar refractivity (Wildman–Crippen MR) is 80.4 cm³/mol. The summed E-state index contributed by atoms with van der Waals surface area (Å²) in [4.78, 5) is 14.5. The van der Waals surface area contributed by atoms with Gasteiger partial charge in [0.1, 0.15) is 12.0 Å². The Morgan fingerprint density at radius 3 is 2.58 bits per heavy atom. The number of hydrogen-bond acceptors (Lipinski definition) is 4. The van der Waals surface area contributed by atoms with E-state index in [-0.39, 0.29) is 11.1 Å². The Balaban J connectivity index is 2.87. The van der Waals surface area contributed by atoms with Gasteiger partial charge >= 0.3 is 0 Å². The Morgan fingerprint density at radius 2 is 2.11 bits per heavy atom. The summed E-state index contributed by atoms with van der Waals surface area (Å²) in [7, 11) is 0. The van der Waals surface area contributed by atoms with Crippen molar-refractivity contribution in [3.63, 3.8) is 0 Å². The molecular formula is C13H20BrN3O2. The number of halogens is 1. The van der Waals surface area contributed by atoms with Crippen LogP contribution in [0.25, 0.3) is 0 Å². The molecule has 0 aliphatic rings. The van der Waals surface area contributed by atoms with Crippen molar-refractivity contribution < 1.29 is 4.92 Å². The number of hydrogen-bond donors (Lipinski definition) is 1. The van der Waals surface area contributed by atoms with Gasteiger partial charge in [-0.15, -0.1) is 0 Å². The standard InChI is InChI=1S/C13H20BrN3O2/c1-8(13(3,4)5)6-15-12-11(14)9(2)10(7-16-12)17(18)19/h7-8H,6H2,1-5H3,(H,15,16). The summed E-state index contributed by atoms with van der Waals surface area (Å²) < 4.78 is 0.655. The van der Waals surface area contributed by atoms with Crippen molar-refractivity contribution in [1.82, 2.24) is 4.98 Å². The lowest BCUT2D eigenvalue weighted by Gasteiger charge is -2.27. The molecule has 0 fully saturated rings. The summed E-state index contributed by atoms with van der Waals surface area (Å²) in [6.07, 6.45) is 1.30. The first-order chi connectivity index (χ1) is 8.64. The Hall–Kier alpha value is -1.17. The van der Waals surface area contributed by atoms with E-state index in [1.807, 2.05) is 0 Å². The summed E-state index contributed by atoms with van der Waals surface area (Å²) in [6, 6.07) is 0. The lowest BCUT2D eigenvalue weighted by Crippen LogP contribution is -2.25. The molecule has 0 spiro atoms. The molecule has 106 valence electrons. The fraction of sp³-hybridized carbons (Fsp3) is 0.615. The summed E-state index contributed by atoms with van der Waals surface area (Å²) in [5.41, 5.74) is 0.821. The molecule has 0 aliphatic carbocycles. The Labute approximate surface area is 122 Å². The van der Waals surface area contributed by atoms with E-state index in [1.54, 1.807) is 6.92 Å². The van der Waals surface area contributed by atoms with Crippen molar-refractivity contribution in [2.75, 3.05) is 11.9 Å². The first-order valence-electron chi connectivity index (χ1n) is 6.18. The van der Waals surface area contributed by atoms with Crippen LogP contribution < -0.4 is 5.32 Å². The van der Waals surface area contributed by atoms with E-state index in [9.17, 15) is 10.1 Å². The number of aromatic nitrogens is 1. The van der Waals surface area contributed by atoms with Gasteiger partial charge in [0.05, 0.1) is 9.40 Å². The van der Waals surface area contributed by atoms with Gasteiger partial charge < -0.3 is 5.32 Å². The monoisotopic (exact) mass is 329 g/mol. The van der Waals surface area contributed by atoms with Crippen LogP contribution in [0.1, 0.15) is 33.3 Å². The fourth-order valence-electron chi connectivity index (χ4n) is 1.43. The molecule has 0 saturated carbocycles. The van der Waals surface area contributed by atoms with Gasteiger partial charge in [-0.3, -0.25) is 10.1 Å². The van der Waals surface area contributed by atoms with Crippen molar-refractivity contribution >= 4 is 27.4 Å². The quantitative estimate of drug-likeness (QED) is 0.665. The van der Waals surface area contributed by atoms with Gasteiger partial charge in [0, 0.05) is 12.1 Å². The highest BCUT2D eigenvalue weighted by molar-refractivity contribution is 9.10. The summed E-state index contributed by atoms with van der Waals surface area (Å²) in [5, 5.41) is 14.1. The van der Waals surface area contributed by atoms with E-state index in [2.05, 4.69) is 53.9 Å². The molecular weight excluding hydrogens is 310 g/mol. The normalized spacial score (nSPS) is 13.2. The molecule has 0 radical (unpaired) electrons. The first-order valence-corrected chi connectivity index (χ1v) is 6.97. The number of nitrogens with zero attached hydrogens (tertiary/aromatic N) is 2. The van der Waals surface area contributed by atoms with E-state index in [4.69, 9.17) is 0 Å². The third kappa shape index (κ3) is 3.89. The maximum Gasteiger partial charge on any atom is 0.291 e. The van der Waals surface area contributed by atoms with Crippen LogP contribution in [0.5, 0.6) is 0 Å². The maximum absolute atomic E-state index is 10.8. The largest absolute Gasteiger partial charge is 0.369 e. The Bertz CT molecular complexity index is 484. The minimum atomic E-state index is -0.422. The molecule has 1 atom stereocenters. The van der Waals surface area contributed by atoms with Gasteiger partial charge in [0.25, 0.3) is 5.69 Å². The van der Waals surface area contributed by atoms with Gasteiger partial charge in [0.15, 0.2) is 0 Å². The van der Waals surface area contributed by atoms with Crippen LogP contribution in [0.4, 0.5) is 11.5 Å². The average Bonchev–Trinajstić information content (AvgIpc) is 2.28. The Kier molecular flexibility index (Phi) is 4.90. The van der Waals surface area contributed by atoms with Crippen LogP contribution in [0.15, 0.2) is 10.7 Å². The number of nitrogens with one attached hydrogen (secondary N) is 1. The number of anilines is 1. The first kappa shape index (κ1) is 15.9. The summed E-state index contributed by atoms with van der Waals surface area (Å²) in [5.74, 6) is 1.11. The van der Waals surface area contributed by atoms with Crippen molar-refractivity contribution in [2.24, 2.45) is 11.3 Å². The summed E-state index contributed by atoms with van der Waals surface area (Å²) in [6.45, 7) is 11.2. The SMILES string of the molecule is Cc1c([N+](=O)[O-])cnc(NCC(C)C(C)(C)C)c1Br. The van der Waals surface area contributed by atoms with Crippen LogP contribution in [0.2, 0.25) is 0 Å². The lowest BCUT2D eigenvalue weighted by atomic mass is 9.82. The highest BCUT2D eigenvalue weighted by Crippen LogP contribution is 2.31. The van der Waals surface area contributed by atoms with Gasteiger partial charge in [0.2, 0.25) is 0 Å². The average molecular weight is 330 g/mol. The molecule has 5 nitrogen and oxygen atoms in total. The molecule has 1 unspecified atom stereocenters. The summed E-state index contributed by atoms with van der Waals surface area (Å²) >= 11 is 3.37. The molecule has 19 heavy (non-hydrogen) atoms. The second kappa shape index (κ2) is 5.86. The molecule has 1 N–H and O–H groups in total. The van der Waals surface area contributed by atoms with Crippen LogP contribution in [0.3, 0.4) is 0 Å². The van der Waals surface area contributed by atoms with Crippen molar-refractivity contribution in [3.8, 4) is 0 Å². The third-order valence-electron chi connectivity index (χ3n) is 3.49. The lowest BCUT2D eigenvalue weighted by molar-refractivity contribution is -0.385. The third-order valence-corrected chi connectivity index (χ3v) is 4.46. The molecule has 0 bridgehead atoms. The van der Waals surface area contributed by atoms with Gasteiger partial charge in [-0.2, -0.15) is 0 Å². The minimum Gasteiger partial charge on any atom is -0.369 e. The molecule has 1 aromatic rings.